The van der Waals surface area contributed by atoms with E-state index >= 15 is 0 Å². The van der Waals surface area contributed by atoms with Crippen molar-refractivity contribution in [3.05, 3.63) is 47.8 Å². The van der Waals surface area contributed by atoms with Crippen molar-refractivity contribution in [3.63, 3.8) is 0 Å². The highest BCUT2D eigenvalue weighted by molar-refractivity contribution is 7.22. The molecule has 1 amide bonds. The molecule has 6 heteroatoms. The third-order valence-electron chi connectivity index (χ3n) is 2.77. The molecule has 2 aromatic heterocycles. The molecule has 0 radical (unpaired) electrons. The third kappa shape index (κ3) is 2.46. The minimum absolute atomic E-state index is 0.215. The fraction of sp³-hybridized carbons (Fsp3) is 0.0714. The number of carbonyl (C=O) groups is 1. The monoisotopic (exact) mass is 284 g/mol. The van der Waals surface area contributed by atoms with E-state index in [-0.39, 0.29) is 5.91 Å². The van der Waals surface area contributed by atoms with Gasteiger partial charge in [0.2, 0.25) is 0 Å². The number of aromatic nitrogens is 2. The van der Waals surface area contributed by atoms with Gasteiger partial charge in [-0.3, -0.25) is 15.1 Å². The molecule has 0 spiro atoms. The Hall–Kier alpha value is -2.47. The zero-order valence-corrected chi connectivity index (χ0v) is 11.6. The first-order valence-corrected chi connectivity index (χ1v) is 6.82. The molecule has 0 fully saturated rings. The van der Waals surface area contributed by atoms with Gasteiger partial charge in [0, 0.05) is 18.1 Å². The third-order valence-corrected chi connectivity index (χ3v) is 3.70. The highest BCUT2D eigenvalue weighted by atomic mass is 32.1. The minimum atomic E-state index is -0.215. The average Bonchev–Trinajstić information content (AvgIpc) is 2.80. The summed E-state index contributed by atoms with van der Waals surface area (Å²) in [6, 6.07) is 7.26. The number of hydrogen-bond acceptors (Lipinski definition) is 5. The number of nitrogen functional groups attached to an aromatic ring is 1. The largest absolute Gasteiger partial charge is 0.399 e. The van der Waals surface area contributed by atoms with Crippen LogP contribution in [0.5, 0.6) is 0 Å². The molecule has 100 valence electrons. The van der Waals surface area contributed by atoms with E-state index in [1.54, 1.807) is 18.3 Å². The number of benzene rings is 1. The number of nitrogens with two attached hydrogens (primary N) is 1. The molecule has 3 rings (SSSR count). The van der Waals surface area contributed by atoms with Crippen LogP contribution in [0.15, 0.2) is 36.7 Å². The Bertz CT molecular complexity index is 797. The van der Waals surface area contributed by atoms with E-state index in [2.05, 4.69) is 15.3 Å². The van der Waals surface area contributed by atoms with Crippen LogP contribution in [-0.2, 0) is 0 Å². The SMILES string of the molecule is Cc1cncc(C(=O)Nc2nc3ccc(N)cc3s2)c1. The number of hydrogen-bond donors (Lipinski definition) is 2. The summed E-state index contributed by atoms with van der Waals surface area (Å²) in [5.41, 5.74) is 8.69. The van der Waals surface area contributed by atoms with E-state index in [0.29, 0.717) is 16.4 Å². The molecule has 0 aliphatic heterocycles. The van der Waals surface area contributed by atoms with Crippen molar-refractivity contribution in [3.8, 4) is 0 Å². The maximum Gasteiger partial charge on any atom is 0.259 e. The summed E-state index contributed by atoms with van der Waals surface area (Å²) in [6.07, 6.45) is 3.24. The molecule has 0 bridgehead atoms. The Morgan fingerprint density at radius 3 is 2.95 bits per heavy atom. The standard InChI is InChI=1S/C14H12N4OS/c1-8-4-9(7-16-6-8)13(19)18-14-17-11-3-2-10(15)5-12(11)20-14/h2-7H,15H2,1H3,(H,17,18,19). The molecule has 0 atom stereocenters. The molecule has 0 aliphatic rings. The first-order chi connectivity index (χ1) is 9.61. The number of carbonyl (C=O) groups excluding carboxylic acids is 1. The number of nitrogens with zero attached hydrogens (tertiary/aromatic N) is 2. The van der Waals surface area contributed by atoms with Gasteiger partial charge in [-0.05, 0) is 36.8 Å². The number of thiazole rings is 1. The molecular weight excluding hydrogens is 272 g/mol. The number of pyridine rings is 1. The summed E-state index contributed by atoms with van der Waals surface area (Å²) in [5.74, 6) is -0.215. The first-order valence-electron chi connectivity index (χ1n) is 6.01. The van der Waals surface area contributed by atoms with Crippen LogP contribution in [0.25, 0.3) is 10.2 Å². The zero-order chi connectivity index (χ0) is 14.1. The van der Waals surface area contributed by atoms with Crippen molar-refractivity contribution >= 4 is 38.3 Å². The number of aryl methyl sites for hydroxylation is 1. The summed E-state index contributed by atoms with van der Waals surface area (Å²) in [6.45, 7) is 1.89. The molecule has 5 nitrogen and oxygen atoms in total. The van der Waals surface area contributed by atoms with Gasteiger partial charge in [-0.1, -0.05) is 11.3 Å². The maximum atomic E-state index is 12.1. The quantitative estimate of drug-likeness (QED) is 0.709. The molecule has 3 N–H and O–H groups in total. The lowest BCUT2D eigenvalue weighted by atomic mass is 10.2. The summed E-state index contributed by atoms with van der Waals surface area (Å²) in [4.78, 5) is 20.5. The van der Waals surface area contributed by atoms with E-state index in [0.717, 1.165) is 15.8 Å². The molecule has 1 aromatic carbocycles. The molecule has 20 heavy (non-hydrogen) atoms. The van der Waals surface area contributed by atoms with Crippen LogP contribution in [0.1, 0.15) is 15.9 Å². The van der Waals surface area contributed by atoms with Gasteiger partial charge in [-0.15, -0.1) is 0 Å². The Labute approximate surface area is 119 Å². The normalized spacial score (nSPS) is 10.7. The van der Waals surface area contributed by atoms with Crippen molar-refractivity contribution in [1.82, 2.24) is 9.97 Å². The maximum absolute atomic E-state index is 12.1. The molecule has 3 aromatic rings. The van der Waals surface area contributed by atoms with E-state index in [1.165, 1.54) is 17.5 Å². The van der Waals surface area contributed by atoms with Crippen LogP contribution in [0, 0.1) is 6.92 Å². The van der Waals surface area contributed by atoms with Gasteiger partial charge in [-0.2, -0.15) is 0 Å². The highest BCUT2D eigenvalue weighted by Crippen LogP contribution is 2.27. The molecule has 0 aliphatic carbocycles. The lowest BCUT2D eigenvalue weighted by Crippen LogP contribution is -2.12. The van der Waals surface area contributed by atoms with E-state index < -0.39 is 0 Å². The van der Waals surface area contributed by atoms with Crippen molar-refractivity contribution in [1.29, 1.82) is 0 Å². The second-order valence-corrected chi connectivity index (χ2v) is 5.48. The summed E-state index contributed by atoms with van der Waals surface area (Å²) in [5, 5.41) is 3.33. The Kier molecular flexibility index (Phi) is 3.08. The number of amides is 1. The number of fused-ring (bicyclic) bond motifs is 1. The Morgan fingerprint density at radius 2 is 2.15 bits per heavy atom. The smallest absolute Gasteiger partial charge is 0.259 e. The van der Waals surface area contributed by atoms with Crippen molar-refractivity contribution in [2.75, 3.05) is 11.1 Å². The summed E-state index contributed by atoms with van der Waals surface area (Å²) < 4.78 is 0.947. The summed E-state index contributed by atoms with van der Waals surface area (Å²) in [7, 11) is 0. The number of nitrogens with one attached hydrogen (secondary N) is 1. The predicted molar refractivity (Wildman–Crippen MR) is 81.0 cm³/mol. The van der Waals surface area contributed by atoms with Crippen molar-refractivity contribution in [2.45, 2.75) is 6.92 Å². The molecular formula is C14H12N4OS. The first kappa shape index (κ1) is 12.6. The lowest BCUT2D eigenvalue weighted by Gasteiger charge is -2.01. The average molecular weight is 284 g/mol. The topological polar surface area (TPSA) is 80.9 Å². The molecule has 0 saturated carbocycles. The molecule has 0 saturated heterocycles. The van der Waals surface area contributed by atoms with Gasteiger partial charge in [0.15, 0.2) is 5.13 Å². The van der Waals surface area contributed by atoms with E-state index in [4.69, 9.17) is 5.73 Å². The van der Waals surface area contributed by atoms with Crippen LogP contribution < -0.4 is 11.1 Å². The van der Waals surface area contributed by atoms with Crippen LogP contribution in [0.3, 0.4) is 0 Å². The minimum Gasteiger partial charge on any atom is -0.399 e. The highest BCUT2D eigenvalue weighted by Gasteiger charge is 2.10. The second-order valence-electron chi connectivity index (χ2n) is 4.45. The van der Waals surface area contributed by atoms with Gasteiger partial charge in [0.25, 0.3) is 5.91 Å². The lowest BCUT2D eigenvalue weighted by molar-refractivity contribution is 0.102. The van der Waals surface area contributed by atoms with Gasteiger partial charge in [0.1, 0.15) is 0 Å². The van der Waals surface area contributed by atoms with Crippen LogP contribution >= 0.6 is 11.3 Å². The van der Waals surface area contributed by atoms with Crippen LogP contribution in [-0.4, -0.2) is 15.9 Å². The van der Waals surface area contributed by atoms with Gasteiger partial charge in [-0.25, -0.2) is 4.98 Å². The zero-order valence-electron chi connectivity index (χ0n) is 10.8. The number of anilines is 2. The fourth-order valence-electron chi connectivity index (χ4n) is 1.84. The Morgan fingerprint density at radius 1 is 1.30 bits per heavy atom. The molecule has 0 unspecified atom stereocenters. The van der Waals surface area contributed by atoms with E-state index in [1.807, 2.05) is 19.1 Å². The molecule has 2 heterocycles. The predicted octanol–water partition coefficient (Wildman–Crippen LogP) is 2.83. The fourth-order valence-corrected chi connectivity index (χ4v) is 2.75. The van der Waals surface area contributed by atoms with Gasteiger partial charge in [0.05, 0.1) is 15.8 Å². The van der Waals surface area contributed by atoms with Gasteiger partial charge >= 0.3 is 0 Å². The number of rotatable bonds is 2. The van der Waals surface area contributed by atoms with Crippen LogP contribution in [0.2, 0.25) is 0 Å². The van der Waals surface area contributed by atoms with Crippen molar-refractivity contribution in [2.24, 2.45) is 0 Å². The summed E-state index contributed by atoms with van der Waals surface area (Å²) >= 11 is 1.40. The van der Waals surface area contributed by atoms with E-state index in [9.17, 15) is 4.79 Å². The van der Waals surface area contributed by atoms with Crippen LogP contribution in [0.4, 0.5) is 10.8 Å². The van der Waals surface area contributed by atoms with Crippen molar-refractivity contribution < 1.29 is 4.79 Å². The Balaban J connectivity index is 1.87. The van der Waals surface area contributed by atoms with Gasteiger partial charge < -0.3 is 5.73 Å². The second kappa shape index (κ2) is 4.90.